The zero-order valence-electron chi connectivity index (χ0n) is 11.9. The Morgan fingerprint density at radius 2 is 1.89 bits per heavy atom. The lowest BCUT2D eigenvalue weighted by Crippen LogP contribution is -2.35. The standard InChI is InChI=1S/C15H22O3S/c1-11(16)13(14(17)18-15(2,3)4)10-19-12-8-6-5-7-9-12/h5-9,11,13,16H,10H2,1-4H3/t11-,13+/m1/s1. The van der Waals surface area contributed by atoms with E-state index in [4.69, 9.17) is 4.74 Å². The zero-order chi connectivity index (χ0) is 14.5. The molecule has 0 bridgehead atoms. The molecule has 0 amide bonds. The van der Waals surface area contributed by atoms with E-state index in [1.54, 1.807) is 18.7 Å². The second kappa shape index (κ2) is 6.96. The molecule has 0 aliphatic carbocycles. The summed E-state index contributed by atoms with van der Waals surface area (Å²) >= 11 is 1.55. The van der Waals surface area contributed by atoms with Gasteiger partial charge in [-0.2, -0.15) is 0 Å². The van der Waals surface area contributed by atoms with Crippen molar-refractivity contribution in [2.24, 2.45) is 5.92 Å². The number of thioether (sulfide) groups is 1. The molecule has 4 heteroatoms. The minimum atomic E-state index is -0.717. The second-order valence-electron chi connectivity index (χ2n) is 5.50. The number of aliphatic hydroxyl groups is 1. The monoisotopic (exact) mass is 282 g/mol. The van der Waals surface area contributed by atoms with E-state index in [1.165, 1.54) is 0 Å². The Hall–Kier alpha value is -1.00. The van der Waals surface area contributed by atoms with Crippen molar-refractivity contribution in [2.45, 2.75) is 44.3 Å². The predicted octanol–water partition coefficient (Wildman–Crippen LogP) is 3.12. The van der Waals surface area contributed by atoms with E-state index in [-0.39, 0.29) is 5.97 Å². The van der Waals surface area contributed by atoms with Crippen molar-refractivity contribution in [3.05, 3.63) is 30.3 Å². The van der Waals surface area contributed by atoms with Crippen molar-refractivity contribution >= 4 is 17.7 Å². The van der Waals surface area contributed by atoms with Gasteiger partial charge in [0, 0.05) is 10.6 Å². The van der Waals surface area contributed by atoms with Gasteiger partial charge in [0.1, 0.15) is 5.60 Å². The Morgan fingerprint density at radius 3 is 2.37 bits per heavy atom. The summed E-state index contributed by atoms with van der Waals surface area (Å²) in [5.74, 6) is -0.341. The predicted molar refractivity (Wildman–Crippen MR) is 78.2 cm³/mol. The highest BCUT2D eigenvalue weighted by Crippen LogP contribution is 2.24. The molecule has 2 atom stereocenters. The Morgan fingerprint density at radius 1 is 1.32 bits per heavy atom. The molecule has 0 fully saturated rings. The maximum Gasteiger partial charge on any atom is 0.312 e. The van der Waals surface area contributed by atoms with Crippen LogP contribution in [0.3, 0.4) is 0 Å². The molecule has 1 rings (SSSR count). The van der Waals surface area contributed by atoms with Crippen LogP contribution in [0, 0.1) is 5.92 Å². The van der Waals surface area contributed by atoms with Crippen LogP contribution in [-0.4, -0.2) is 28.5 Å². The Bertz CT molecular complexity index is 396. The Balaban J connectivity index is 2.61. The summed E-state index contributed by atoms with van der Waals surface area (Å²) in [6.45, 7) is 7.11. The van der Waals surface area contributed by atoms with Gasteiger partial charge in [-0.3, -0.25) is 4.79 Å². The number of carbonyl (C=O) groups excluding carboxylic acids is 1. The molecular weight excluding hydrogens is 260 g/mol. The van der Waals surface area contributed by atoms with Crippen LogP contribution in [0.15, 0.2) is 35.2 Å². The van der Waals surface area contributed by atoms with Gasteiger partial charge in [0.25, 0.3) is 0 Å². The minimum Gasteiger partial charge on any atom is -0.460 e. The molecule has 0 aliphatic heterocycles. The number of benzene rings is 1. The summed E-state index contributed by atoms with van der Waals surface area (Å²) < 4.78 is 5.34. The second-order valence-corrected chi connectivity index (χ2v) is 6.60. The first kappa shape index (κ1) is 16.1. The van der Waals surface area contributed by atoms with E-state index < -0.39 is 17.6 Å². The van der Waals surface area contributed by atoms with E-state index >= 15 is 0 Å². The number of ether oxygens (including phenoxy) is 1. The lowest BCUT2D eigenvalue weighted by molar-refractivity contribution is -0.162. The molecule has 0 unspecified atom stereocenters. The molecule has 0 radical (unpaired) electrons. The van der Waals surface area contributed by atoms with Crippen molar-refractivity contribution in [1.29, 1.82) is 0 Å². The topological polar surface area (TPSA) is 46.5 Å². The fourth-order valence-electron chi connectivity index (χ4n) is 1.48. The minimum absolute atomic E-state index is 0.342. The largest absolute Gasteiger partial charge is 0.460 e. The SMILES string of the molecule is C[C@@H](O)[C@H](CSc1ccccc1)C(=O)OC(C)(C)C. The van der Waals surface area contributed by atoms with Crippen LogP contribution < -0.4 is 0 Å². The van der Waals surface area contributed by atoms with Gasteiger partial charge in [-0.25, -0.2) is 0 Å². The maximum absolute atomic E-state index is 12.0. The van der Waals surface area contributed by atoms with Crippen molar-refractivity contribution in [1.82, 2.24) is 0 Å². The van der Waals surface area contributed by atoms with Crippen LogP contribution in [0.1, 0.15) is 27.7 Å². The molecule has 1 aromatic carbocycles. The van der Waals surface area contributed by atoms with E-state index in [1.807, 2.05) is 51.1 Å². The first-order valence-electron chi connectivity index (χ1n) is 6.38. The molecule has 106 valence electrons. The smallest absolute Gasteiger partial charge is 0.312 e. The first-order valence-corrected chi connectivity index (χ1v) is 7.37. The highest BCUT2D eigenvalue weighted by Gasteiger charge is 2.28. The highest BCUT2D eigenvalue weighted by molar-refractivity contribution is 7.99. The van der Waals surface area contributed by atoms with E-state index in [9.17, 15) is 9.90 Å². The molecule has 1 aromatic rings. The van der Waals surface area contributed by atoms with E-state index in [2.05, 4.69) is 0 Å². The van der Waals surface area contributed by atoms with Crippen molar-refractivity contribution in [3.8, 4) is 0 Å². The number of esters is 1. The van der Waals surface area contributed by atoms with Crippen LogP contribution >= 0.6 is 11.8 Å². The van der Waals surface area contributed by atoms with Crippen LogP contribution in [0.2, 0.25) is 0 Å². The number of aliphatic hydroxyl groups excluding tert-OH is 1. The number of rotatable bonds is 5. The van der Waals surface area contributed by atoms with Gasteiger partial charge < -0.3 is 9.84 Å². The van der Waals surface area contributed by atoms with Crippen molar-refractivity contribution in [2.75, 3.05) is 5.75 Å². The molecule has 0 saturated carbocycles. The molecule has 0 saturated heterocycles. The normalized spacial score (nSPS) is 14.8. The average Bonchev–Trinajstić information content (AvgIpc) is 2.27. The number of hydrogen-bond acceptors (Lipinski definition) is 4. The summed E-state index contributed by atoms with van der Waals surface area (Å²) in [7, 11) is 0. The van der Waals surface area contributed by atoms with Gasteiger partial charge in [0.05, 0.1) is 12.0 Å². The lowest BCUT2D eigenvalue weighted by atomic mass is 10.1. The van der Waals surface area contributed by atoms with Gasteiger partial charge in [-0.05, 0) is 39.8 Å². The molecule has 0 spiro atoms. The fraction of sp³-hybridized carbons (Fsp3) is 0.533. The van der Waals surface area contributed by atoms with E-state index in [0.717, 1.165) is 4.90 Å². The summed E-state index contributed by atoms with van der Waals surface area (Å²) in [5.41, 5.74) is -0.526. The summed E-state index contributed by atoms with van der Waals surface area (Å²) in [6.07, 6.45) is -0.717. The van der Waals surface area contributed by atoms with Crippen molar-refractivity contribution < 1.29 is 14.6 Å². The third-order valence-corrected chi connectivity index (χ3v) is 3.60. The molecule has 0 heterocycles. The summed E-state index contributed by atoms with van der Waals surface area (Å²) in [6, 6.07) is 9.82. The first-order chi connectivity index (χ1) is 8.79. The molecule has 3 nitrogen and oxygen atoms in total. The lowest BCUT2D eigenvalue weighted by Gasteiger charge is -2.25. The van der Waals surface area contributed by atoms with Crippen LogP contribution in [-0.2, 0) is 9.53 Å². The molecule has 19 heavy (non-hydrogen) atoms. The fourth-order valence-corrected chi connectivity index (χ4v) is 2.62. The average molecular weight is 282 g/mol. The van der Waals surface area contributed by atoms with Gasteiger partial charge in [0.2, 0.25) is 0 Å². The van der Waals surface area contributed by atoms with Crippen molar-refractivity contribution in [3.63, 3.8) is 0 Å². The van der Waals surface area contributed by atoms with Gasteiger partial charge in [0.15, 0.2) is 0 Å². The quantitative estimate of drug-likeness (QED) is 0.666. The zero-order valence-corrected chi connectivity index (χ0v) is 12.7. The Kier molecular flexibility index (Phi) is 5.88. The molecule has 1 N–H and O–H groups in total. The van der Waals surface area contributed by atoms with Gasteiger partial charge in [-0.1, -0.05) is 18.2 Å². The number of hydrogen-bond donors (Lipinski definition) is 1. The van der Waals surface area contributed by atoms with Crippen LogP contribution in [0.25, 0.3) is 0 Å². The van der Waals surface area contributed by atoms with Gasteiger partial charge in [-0.15, -0.1) is 11.8 Å². The van der Waals surface area contributed by atoms with E-state index in [0.29, 0.717) is 5.75 Å². The molecule has 0 aromatic heterocycles. The third-order valence-electron chi connectivity index (χ3n) is 2.46. The Labute approximate surface area is 119 Å². The van der Waals surface area contributed by atoms with Crippen LogP contribution in [0.4, 0.5) is 0 Å². The number of carbonyl (C=O) groups is 1. The highest BCUT2D eigenvalue weighted by atomic mass is 32.2. The summed E-state index contributed by atoms with van der Waals surface area (Å²) in [4.78, 5) is 13.1. The maximum atomic E-state index is 12.0. The van der Waals surface area contributed by atoms with Gasteiger partial charge >= 0.3 is 5.97 Å². The third kappa shape index (κ3) is 6.12. The molecule has 0 aliphatic rings. The molecular formula is C15H22O3S. The van der Waals surface area contributed by atoms with Crippen LogP contribution in [0.5, 0.6) is 0 Å². The summed E-state index contributed by atoms with van der Waals surface area (Å²) in [5, 5.41) is 9.74.